The molecule has 2 aliphatic rings. The third kappa shape index (κ3) is 3.85. The first kappa shape index (κ1) is 15.1. The van der Waals surface area contributed by atoms with Crippen LogP contribution in [0.5, 0.6) is 0 Å². The molecule has 2 rings (SSSR count). The number of hydrogen-bond acceptors (Lipinski definition) is 3. The first-order valence-electron chi connectivity index (χ1n) is 7.36. The maximum atomic E-state index is 12.0. The molecule has 2 fully saturated rings. The number of likely N-dealkylation sites (tertiary alicyclic amines) is 1. The van der Waals surface area contributed by atoms with Gasteiger partial charge in [-0.15, -0.1) is 0 Å². The van der Waals surface area contributed by atoms with Gasteiger partial charge in [-0.05, 0) is 39.0 Å². The van der Waals surface area contributed by atoms with Crippen molar-refractivity contribution in [2.75, 3.05) is 19.6 Å². The zero-order valence-electron chi connectivity index (χ0n) is 12.2. The summed E-state index contributed by atoms with van der Waals surface area (Å²) in [6.45, 7) is 5.61. The second kappa shape index (κ2) is 6.43. The predicted molar refractivity (Wildman–Crippen MR) is 73.4 cm³/mol. The Morgan fingerprint density at radius 2 is 1.95 bits per heavy atom. The summed E-state index contributed by atoms with van der Waals surface area (Å²) in [4.78, 5) is 24.5. The highest BCUT2D eigenvalue weighted by molar-refractivity contribution is 5.77. The van der Waals surface area contributed by atoms with E-state index in [9.17, 15) is 9.59 Å². The lowest BCUT2D eigenvalue weighted by Gasteiger charge is -2.32. The minimum absolute atomic E-state index is 0.138. The van der Waals surface area contributed by atoms with E-state index in [0.29, 0.717) is 32.0 Å². The molecule has 0 aliphatic carbocycles. The van der Waals surface area contributed by atoms with Crippen molar-refractivity contribution in [1.29, 1.82) is 0 Å². The number of nitrogens with one attached hydrogen (secondary N) is 1. The molecule has 3 unspecified atom stereocenters. The lowest BCUT2D eigenvalue weighted by atomic mass is 9.92. The number of carboxylic acids is 1. The fourth-order valence-corrected chi connectivity index (χ4v) is 3.20. The molecule has 2 aliphatic heterocycles. The smallest absolute Gasteiger partial charge is 0.317 e. The van der Waals surface area contributed by atoms with E-state index in [1.54, 1.807) is 4.90 Å². The summed E-state index contributed by atoms with van der Waals surface area (Å²) in [5.74, 6) is -0.785. The van der Waals surface area contributed by atoms with E-state index in [1.807, 2.05) is 0 Å². The van der Waals surface area contributed by atoms with Crippen LogP contribution in [0.25, 0.3) is 0 Å². The van der Waals surface area contributed by atoms with E-state index in [-0.39, 0.29) is 18.2 Å². The van der Waals surface area contributed by atoms with Gasteiger partial charge in [0.2, 0.25) is 0 Å². The number of carbonyl (C=O) groups excluding carboxylic acids is 1. The first-order chi connectivity index (χ1) is 9.45. The molecule has 0 bridgehead atoms. The molecule has 0 radical (unpaired) electrons. The Bertz CT molecular complexity index is 364. The fourth-order valence-electron chi connectivity index (χ4n) is 3.20. The van der Waals surface area contributed by atoms with E-state index in [0.717, 1.165) is 12.8 Å². The topological polar surface area (TPSA) is 78.9 Å². The number of hydrogen-bond donors (Lipinski definition) is 2. The van der Waals surface area contributed by atoms with Crippen LogP contribution in [0.4, 0.5) is 4.79 Å². The molecule has 2 saturated heterocycles. The molecule has 0 aromatic rings. The Labute approximate surface area is 119 Å². The average molecular weight is 284 g/mol. The highest BCUT2D eigenvalue weighted by Gasteiger charge is 2.31. The quantitative estimate of drug-likeness (QED) is 0.819. The maximum Gasteiger partial charge on any atom is 0.317 e. The summed E-state index contributed by atoms with van der Waals surface area (Å²) in [6, 6.07) is -0.138. The van der Waals surface area contributed by atoms with Crippen molar-refractivity contribution in [2.45, 2.75) is 45.3 Å². The van der Waals surface area contributed by atoms with Crippen LogP contribution < -0.4 is 5.32 Å². The van der Waals surface area contributed by atoms with Gasteiger partial charge >= 0.3 is 12.0 Å². The van der Waals surface area contributed by atoms with Gasteiger partial charge < -0.3 is 20.1 Å². The second-order valence-electron chi connectivity index (χ2n) is 6.05. The van der Waals surface area contributed by atoms with Crippen LogP contribution >= 0.6 is 0 Å². The van der Waals surface area contributed by atoms with Crippen molar-refractivity contribution in [1.82, 2.24) is 10.2 Å². The number of nitrogens with zero attached hydrogens (tertiary/aromatic N) is 1. The molecule has 0 spiro atoms. The Kier molecular flexibility index (Phi) is 4.86. The van der Waals surface area contributed by atoms with Crippen molar-refractivity contribution in [3.63, 3.8) is 0 Å². The number of carboxylic acid groups (broad SMARTS) is 1. The Hall–Kier alpha value is -1.30. The largest absolute Gasteiger partial charge is 0.481 e. The van der Waals surface area contributed by atoms with Crippen LogP contribution in [0.1, 0.15) is 33.1 Å². The van der Waals surface area contributed by atoms with Crippen molar-refractivity contribution < 1.29 is 19.4 Å². The Morgan fingerprint density at radius 1 is 1.30 bits per heavy atom. The molecular weight excluding hydrogens is 260 g/mol. The maximum absolute atomic E-state index is 12.0. The number of ether oxygens (including phenoxy) is 1. The number of urea groups is 1. The minimum atomic E-state index is -0.813. The summed E-state index contributed by atoms with van der Waals surface area (Å²) in [6.07, 6.45) is 2.95. The van der Waals surface area contributed by atoms with Gasteiger partial charge in [0.15, 0.2) is 0 Å². The minimum Gasteiger partial charge on any atom is -0.481 e. The standard InChI is InChI=1S/C14H24N2O4/c1-9-5-11(6-10(2)20-9)7-15-14(19)16-4-3-12(8-16)13(17)18/h9-12H,3-8H2,1-2H3,(H,15,19)(H,17,18). The van der Waals surface area contributed by atoms with Crippen LogP contribution in [-0.2, 0) is 9.53 Å². The zero-order chi connectivity index (χ0) is 14.7. The Morgan fingerprint density at radius 3 is 2.50 bits per heavy atom. The summed E-state index contributed by atoms with van der Waals surface area (Å²) in [7, 11) is 0. The van der Waals surface area contributed by atoms with Gasteiger partial charge in [-0.1, -0.05) is 0 Å². The summed E-state index contributed by atoms with van der Waals surface area (Å²) in [5, 5.41) is 11.9. The molecule has 2 N–H and O–H groups in total. The molecule has 114 valence electrons. The molecule has 2 heterocycles. The van der Waals surface area contributed by atoms with Crippen LogP contribution in [-0.4, -0.2) is 53.8 Å². The van der Waals surface area contributed by atoms with Gasteiger partial charge in [0, 0.05) is 19.6 Å². The number of aliphatic carboxylic acids is 1. The van der Waals surface area contributed by atoms with Crippen LogP contribution in [0.15, 0.2) is 0 Å². The first-order valence-corrected chi connectivity index (χ1v) is 7.36. The van der Waals surface area contributed by atoms with Gasteiger partial charge in [-0.25, -0.2) is 4.79 Å². The number of rotatable bonds is 3. The normalized spacial score (nSPS) is 34.0. The van der Waals surface area contributed by atoms with Gasteiger partial charge in [-0.3, -0.25) is 4.79 Å². The van der Waals surface area contributed by atoms with Crippen LogP contribution in [0.2, 0.25) is 0 Å². The molecule has 0 saturated carbocycles. The van der Waals surface area contributed by atoms with E-state index in [1.165, 1.54) is 0 Å². The number of carbonyl (C=O) groups is 2. The van der Waals surface area contributed by atoms with Crippen LogP contribution in [0, 0.1) is 11.8 Å². The monoisotopic (exact) mass is 284 g/mol. The van der Waals surface area contributed by atoms with Gasteiger partial charge in [0.25, 0.3) is 0 Å². The lowest BCUT2D eigenvalue weighted by molar-refractivity contribution is -0.141. The van der Waals surface area contributed by atoms with Gasteiger partial charge in [0.05, 0.1) is 18.1 Å². The molecule has 6 nitrogen and oxygen atoms in total. The van der Waals surface area contributed by atoms with E-state index >= 15 is 0 Å². The average Bonchev–Trinajstić information content (AvgIpc) is 2.84. The second-order valence-corrected chi connectivity index (χ2v) is 6.05. The van der Waals surface area contributed by atoms with Crippen molar-refractivity contribution >= 4 is 12.0 Å². The highest BCUT2D eigenvalue weighted by Crippen LogP contribution is 2.24. The fraction of sp³-hybridized carbons (Fsp3) is 0.857. The molecule has 3 atom stereocenters. The Balaban J connectivity index is 1.74. The van der Waals surface area contributed by atoms with E-state index in [2.05, 4.69) is 19.2 Å². The van der Waals surface area contributed by atoms with E-state index in [4.69, 9.17) is 9.84 Å². The third-order valence-corrected chi connectivity index (χ3v) is 4.16. The number of amides is 2. The van der Waals surface area contributed by atoms with Crippen molar-refractivity contribution in [3.05, 3.63) is 0 Å². The molecule has 0 aromatic heterocycles. The SMILES string of the molecule is CC1CC(CNC(=O)N2CCC(C(=O)O)C2)CC(C)O1. The van der Waals surface area contributed by atoms with Crippen LogP contribution in [0.3, 0.4) is 0 Å². The van der Waals surface area contributed by atoms with Crippen molar-refractivity contribution in [3.8, 4) is 0 Å². The molecular formula is C14H24N2O4. The molecule has 20 heavy (non-hydrogen) atoms. The molecule has 2 amide bonds. The van der Waals surface area contributed by atoms with Gasteiger partial charge in [0.1, 0.15) is 0 Å². The van der Waals surface area contributed by atoms with E-state index < -0.39 is 11.9 Å². The van der Waals surface area contributed by atoms with Gasteiger partial charge in [-0.2, -0.15) is 0 Å². The predicted octanol–water partition coefficient (Wildman–Crippen LogP) is 1.31. The van der Waals surface area contributed by atoms with Crippen molar-refractivity contribution in [2.24, 2.45) is 11.8 Å². The summed E-state index contributed by atoms with van der Waals surface area (Å²) in [5.41, 5.74) is 0. The third-order valence-electron chi connectivity index (χ3n) is 4.16. The lowest BCUT2D eigenvalue weighted by Crippen LogP contribution is -2.43. The molecule has 0 aromatic carbocycles. The zero-order valence-corrected chi connectivity index (χ0v) is 12.2. The highest BCUT2D eigenvalue weighted by atomic mass is 16.5. The summed E-state index contributed by atoms with van der Waals surface area (Å²) >= 11 is 0. The summed E-state index contributed by atoms with van der Waals surface area (Å²) < 4.78 is 5.68. The molecule has 6 heteroatoms.